The highest BCUT2D eigenvalue weighted by atomic mass is 16.5. The van der Waals surface area contributed by atoms with Gasteiger partial charge in [0.05, 0.1) is 6.10 Å². The van der Waals surface area contributed by atoms with Gasteiger partial charge in [-0.25, -0.2) is 0 Å². The summed E-state index contributed by atoms with van der Waals surface area (Å²) in [4.78, 5) is 11.2. The second-order valence-electron chi connectivity index (χ2n) is 4.23. The zero-order chi connectivity index (χ0) is 10.6. The van der Waals surface area contributed by atoms with Crippen LogP contribution in [0.2, 0.25) is 0 Å². The Morgan fingerprint density at radius 1 is 1.57 bits per heavy atom. The van der Waals surface area contributed by atoms with Crippen molar-refractivity contribution in [1.29, 1.82) is 0 Å². The highest BCUT2D eigenvalue weighted by molar-refractivity contribution is 5.77. The van der Waals surface area contributed by atoms with Gasteiger partial charge in [-0.05, 0) is 33.1 Å². The summed E-state index contributed by atoms with van der Waals surface area (Å²) in [6.45, 7) is 4.03. The highest BCUT2D eigenvalue weighted by Gasteiger charge is 2.22. The summed E-state index contributed by atoms with van der Waals surface area (Å²) >= 11 is 0. The predicted molar refractivity (Wildman–Crippen MR) is 54.8 cm³/mol. The van der Waals surface area contributed by atoms with Crippen LogP contribution in [-0.4, -0.2) is 30.7 Å². The number of amides is 1. The van der Waals surface area contributed by atoms with Gasteiger partial charge in [-0.2, -0.15) is 0 Å². The Balaban J connectivity index is 2.11. The molecule has 1 saturated carbocycles. The molecule has 4 nitrogen and oxygen atoms in total. The van der Waals surface area contributed by atoms with E-state index in [-0.39, 0.29) is 30.7 Å². The third-order valence-corrected chi connectivity index (χ3v) is 2.32. The van der Waals surface area contributed by atoms with Gasteiger partial charge in [-0.15, -0.1) is 0 Å². The largest absolute Gasteiger partial charge is 0.368 e. The highest BCUT2D eigenvalue weighted by Crippen LogP contribution is 2.19. The van der Waals surface area contributed by atoms with Crippen LogP contribution in [0.4, 0.5) is 0 Å². The molecular weight excluding hydrogens is 180 g/mol. The molecule has 14 heavy (non-hydrogen) atoms. The maximum atomic E-state index is 11.2. The average Bonchev–Trinajstić information content (AvgIpc) is 2.47. The normalized spacial score (nSPS) is 26.9. The van der Waals surface area contributed by atoms with Crippen molar-refractivity contribution in [1.82, 2.24) is 5.32 Å². The van der Waals surface area contributed by atoms with Crippen molar-refractivity contribution in [2.45, 2.75) is 51.3 Å². The first-order valence-corrected chi connectivity index (χ1v) is 5.24. The first-order valence-electron chi connectivity index (χ1n) is 5.24. The molecule has 1 amide bonds. The lowest BCUT2D eigenvalue weighted by molar-refractivity contribution is -0.128. The van der Waals surface area contributed by atoms with E-state index in [0.29, 0.717) is 0 Å². The molecule has 4 heteroatoms. The molecule has 1 rings (SSSR count). The quantitative estimate of drug-likeness (QED) is 0.690. The Morgan fingerprint density at radius 2 is 2.29 bits per heavy atom. The Kier molecular flexibility index (Phi) is 4.35. The minimum Gasteiger partial charge on any atom is -0.368 e. The number of hydrogen-bond acceptors (Lipinski definition) is 3. The van der Waals surface area contributed by atoms with Crippen LogP contribution >= 0.6 is 0 Å². The molecule has 0 aromatic heterocycles. The van der Waals surface area contributed by atoms with Gasteiger partial charge >= 0.3 is 0 Å². The molecule has 0 radical (unpaired) electrons. The Bertz CT molecular complexity index is 195. The predicted octanol–water partition coefficient (Wildman–Crippen LogP) is 0.407. The van der Waals surface area contributed by atoms with Crippen molar-refractivity contribution >= 4 is 5.91 Å². The maximum Gasteiger partial charge on any atom is 0.246 e. The molecule has 2 unspecified atom stereocenters. The van der Waals surface area contributed by atoms with Gasteiger partial charge in [0.25, 0.3) is 0 Å². The molecule has 1 aliphatic carbocycles. The van der Waals surface area contributed by atoms with E-state index in [1.54, 1.807) is 0 Å². The van der Waals surface area contributed by atoms with Crippen LogP contribution in [0.25, 0.3) is 0 Å². The lowest BCUT2D eigenvalue weighted by Crippen LogP contribution is -2.34. The number of ether oxygens (including phenoxy) is 1. The van der Waals surface area contributed by atoms with Crippen LogP contribution in [0, 0.1) is 0 Å². The summed E-state index contributed by atoms with van der Waals surface area (Å²) < 4.78 is 5.44. The molecule has 0 saturated heterocycles. The van der Waals surface area contributed by atoms with E-state index in [2.05, 4.69) is 5.32 Å². The van der Waals surface area contributed by atoms with E-state index >= 15 is 0 Å². The third kappa shape index (κ3) is 4.07. The lowest BCUT2D eigenvalue weighted by atomic mass is 10.3. The van der Waals surface area contributed by atoms with Crippen molar-refractivity contribution in [3.8, 4) is 0 Å². The number of rotatable bonds is 4. The van der Waals surface area contributed by atoms with Crippen LogP contribution in [-0.2, 0) is 9.53 Å². The number of carbonyl (C=O) groups is 1. The van der Waals surface area contributed by atoms with Crippen molar-refractivity contribution in [2.75, 3.05) is 6.61 Å². The average molecular weight is 200 g/mol. The molecule has 0 aliphatic heterocycles. The molecule has 0 heterocycles. The Hall–Kier alpha value is -0.610. The van der Waals surface area contributed by atoms with Crippen LogP contribution < -0.4 is 11.1 Å². The summed E-state index contributed by atoms with van der Waals surface area (Å²) in [6, 6.07) is 0.435. The molecule has 82 valence electrons. The van der Waals surface area contributed by atoms with Gasteiger partial charge in [-0.1, -0.05) is 0 Å². The van der Waals surface area contributed by atoms with Crippen LogP contribution in [0.3, 0.4) is 0 Å². The first-order chi connectivity index (χ1) is 6.58. The molecule has 0 spiro atoms. The fraction of sp³-hybridized carbons (Fsp3) is 0.900. The summed E-state index contributed by atoms with van der Waals surface area (Å²) in [6.07, 6.45) is 3.06. The fourth-order valence-corrected chi connectivity index (χ4v) is 1.68. The van der Waals surface area contributed by atoms with Gasteiger partial charge in [0.15, 0.2) is 0 Å². The lowest BCUT2D eigenvalue weighted by Gasteiger charge is -2.12. The number of nitrogens with two attached hydrogens (primary N) is 1. The van der Waals surface area contributed by atoms with E-state index in [4.69, 9.17) is 10.5 Å². The molecule has 0 aromatic carbocycles. The second-order valence-corrected chi connectivity index (χ2v) is 4.23. The smallest absolute Gasteiger partial charge is 0.246 e. The monoisotopic (exact) mass is 200 g/mol. The zero-order valence-corrected chi connectivity index (χ0v) is 8.95. The molecule has 3 N–H and O–H groups in total. The molecule has 2 atom stereocenters. The minimum atomic E-state index is -0.0412. The number of hydrogen-bond donors (Lipinski definition) is 2. The SMILES string of the molecule is CC(C)NC(=O)COC1CCC(N)C1. The molecule has 0 bridgehead atoms. The second kappa shape index (κ2) is 5.32. The first kappa shape index (κ1) is 11.5. The van der Waals surface area contributed by atoms with Crippen LogP contribution in [0.15, 0.2) is 0 Å². The minimum absolute atomic E-state index is 0.0412. The van der Waals surface area contributed by atoms with E-state index in [0.717, 1.165) is 19.3 Å². The Labute approximate surface area is 85.2 Å². The number of nitrogens with one attached hydrogen (secondary N) is 1. The van der Waals surface area contributed by atoms with Gasteiger partial charge < -0.3 is 15.8 Å². The van der Waals surface area contributed by atoms with Gasteiger partial charge in [0.1, 0.15) is 6.61 Å². The number of carbonyl (C=O) groups excluding carboxylic acids is 1. The van der Waals surface area contributed by atoms with E-state index in [1.807, 2.05) is 13.8 Å². The van der Waals surface area contributed by atoms with E-state index < -0.39 is 0 Å². The van der Waals surface area contributed by atoms with Crippen LogP contribution in [0.5, 0.6) is 0 Å². The van der Waals surface area contributed by atoms with Crippen molar-refractivity contribution < 1.29 is 9.53 Å². The van der Waals surface area contributed by atoms with Gasteiger partial charge in [-0.3, -0.25) is 4.79 Å². The molecule has 1 aliphatic rings. The molecular formula is C10H20N2O2. The standard InChI is InChI=1S/C10H20N2O2/c1-7(2)12-10(13)6-14-9-4-3-8(11)5-9/h7-9H,3-6,11H2,1-2H3,(H,12,13). The fourth-order valence-electron chi connectivity index (χ4n) is 1.68. The zero-order valence-electron chi connectivity index (χ0n) is 8.95. The summed E-state index contributed by atoms with van der Waals surface area (Å²) in [5.74, 6) is -0.0412. The van der Waals surface area contributed by atoms with Gasteiger partial charge in [0.2, 0.25) is 5.91 Å². The van der Waals surface area contributed by atoms with Crippen LogP contribution in [0.1, 0.15) is 33.1 Å². The van der Waals surface area contributed by atoms with E-state index in [1.165, 1.54) is 0 Å². The summed E-state index contributed by atoms with van der Waals surface area (Å²) in [5, 5.41) is 2.78. The Morgan fingerprint density at radius 3 is 2.79 bits per heavy atom. The van der Waals surface area contributed by atoms with Crippen molar-refractivity contribution in [2.24, 2.45) is 5.73 Å². The van der Waals surface area contributed by atoms with Gasteiger partial charge in [0, 0.05) is 12.1 Å². The molecule has 1 fully saturated rings. The van der Waals surface area contributed by atoms with E-state index in [9.17, 15) is 4.79 Å². The summed E-state index contributed by atoms with van der Waals surface area (Å²) in [7, 11) is 0. The summed E-state index contributed by atoms with van der Waals surface area (Å²) in [5.41, 5.74) is 5.73. The van der Waals surface area contributed by atoms with Crippen molar-refractivity contribution in [3.63, 3.8) is 0 Å². The third-order valence-electron chi connectivity index (χ3n) is 2.32. The van der Waals surface area contributed by atoms with Crippen molar-refractivity contribution in [3.05, 3.63) is 0 Å². The maximum absolute atomic E-state index is 11.2. The topological polar surface area (TPSA) is 64.3 Å². The molecule has 0 aromatic rings.